The monoisotopic (exact) mass is 406 g/mol. The molecule has 156 valence electrons. The van der Waals surface area contributed by atoms with E-state index in [1.165, 1.54) is 11.8 Å². The molecular formula is C16H30N4O6S. The summed E-state index contributed by atoms with van der Waals surface area (Å²) in [6.45, 7) is 0.423. The van der Waals surface area contributed by atoms with E-state index in [0.717, 1.165) is 0 Å². The molecule has 2 amide bonds. The predicted molar refractivity (Wildman–Crippen MR) is 102 cm³/mol. The number of carbonyl (C=O) groups is 4. The van der Waals surface area contributed by atoms with Gasteiger partial charge in [0.05, 0.1) is 6.04 Å². The molecule has 3 atom stereocenters. The Kier molecular flexibility index (Phi) is 13.3. The second-order valence-corrected chi connectivity index (χ2v) is 7.05. The third-order valence-electron chi connectivity index (χ3n) is 3.81. The van der Waals surface area contributed by atoms with E-state index in [2.05, 4.69) is 10.6 Å². The van der Waals surface area contributed by atoms with Crippen LogP contribution >= 0.6 is 11.8 Å². The molecule has 0 rings (SSSR count). The van der Waals surface area contributed by atoms with Crippen LogP contribution in [0.25, 0.3) is 0 Å². The van der Waals surface area contributed by atoms with Gasteiger partial charge in [0.1, 0.15) is 12.1 Å². The first-order valence-corrected chi connectivity index (χ1v) is 10.1. The van der Waals surface area contributed by atoms with Gasteiger partial charge in [-0.1, -0.05) is 0 Å². The van der Waals surface area contributed by atoms with Crippen LogP contribution in [0.2, 0.25) is 0 Å². The van der Waals surface area contributed by atoms with E-state index >= 15 is 0 Å². The van der Waals surface area contributed by atoms with E-state index in [1.807, 2.05) is 6.26 Å². The molecule has 0 aliphatic carbocycles. The number of unbranched alkanes of at least 4 members (excludes halogenated alkanes) is 1. The zero-order chi connectivity index (χ0) is 20.8. The largest absolute Gasteiger partial charge is 0.481 e. The van der Waals surface area contributed by atoms with Gasteiger partial charge in [0.25, 0.3) is 0 Å². The second kappa shape index (κ2) is 14.2. The molecule has 0 radical (unpaired) electrons. The van der Waals surface area contributed by atoms with Gasteiger partial charge < -0.3 is 32.3 Å². The van der Waals surface area contributed by atoms with Crippen molar-refractivity contribution in [1.29, 1.82) is 0 Å². The molecule has 10 nitrogen and oxygen atoms in total. The van der Waals surface area contributed by atoms with Crippen LogP contribution in [-0.4, -0.2) is 70.6 Å². The molecule has 0 bridgehead atoms. The molecule has 8 N–H and O–H groups in total. The number of carboxylic acid groups (broad SMARTS) is 2. The fourth-order valence-corrected chi connectivity index (χ4v) is 2.69. The minimum atomic E-state index is -1.15. The molecule has 0 saturated carbocycles. The van der Waals surface area contributed by atoms with Crippen molar-refractivity contribution in [3.8, 4) is 0 Å². The van der Waals surface area contributed by atoms with Gasteiger partial charge in [-0.2, -0.15) is 11.8 Å². The van der Waals surface area contributed by atoms with Crippen molar-refractivity contribution in [3.63, 3.8) is 0 Å². The SMILES string of the molecule is CSCCC(NC(=O)C(CCCCN)NC(=O)C(N)CCC(=O)O)C(=O)O. The molecule has 0 aliphatic rings. The van der Waals surface area contributed by atoms with Gasteiger partial charge >= 0.3 is 11.9 Å². The lowest BCUT2D eigenvalue weighted by Crippen LogP contribution is -2.54. The van der Waals surface area contributed by atoms with Gasteiger partial charge in [0, 0.05) is 6.42 Å². The number of carbonyl (C=O) groups excluding carboxylic acids is 2. The Hall–Kier alpha value is -1.85. The zero-order valence-corrected chi connectivity index (χ0v) is 16.3. The topological polar surface area (TPSA) is 185 Å². The molecule has 0 aromatic heterocycles. The highest BCUT2D eigenvalue weighted by Crippen LogP contribution is 2.06. The summed E-state index contributed by atoms with van der Waals surface area (Å²) >= 11 is 1.46. The van der Waals surface area contributed by atoms with E-state index in [4.69, 9.17) is 16.6 Å². The lowest BCUT2D eigenvalue weighted by molar-refractivity contribution is -0.142. The van der Waals surface area contributed by atoms with Crippen molar-refractivity contribution < 1.29 is 29.4 Å². The average Bonchev–Trinajstić information content (AvgIpc) is 2.61. The number of thioether (sulfide) groups is 1. The Bertz CT molecular complexity index is 505. The molecule has 27 heavy (non-hydrogen) atoms. The maximum Gasteiger partial charge on any atom is 0.326 e. The number of nitrogens with one attached hydrogen (secondary N) is 2. The quantitative estimate of drug-likeness (QED) is 0.188. The number of hydrogen-bond donors (Lipinski definition) is 6. The normalized spacial score (nSPS) is 14.0. The van der Waals surface area contributed by atoms with Gasteiger partial charge in [0.15, 0.2) is 0 Å². The lowest BCUT2D eigenvalue weighted by atomic mass is 10.1. The summed E-state index contributed by atoms with van der Waals surface area (Å²) < 4.78 is 0. The Balaban J connectivity index is 4.93. The third kappa shape index (κ3) is 11.5. The number of hydrogen-bond acceptors (Lipinski definition) is 7. The van der Waals surface area contributed by atoms with Crippen LogP contribution in [-0.2, 0) is 19.2 Å². The van der Waals surface area contributed by atoms with Gasteiger partial charge in [-0.25, -0.2) is 4.79 Å². The molecular weight excluding hydrogens is 376 g/mol. The van der Waals surface area contributed by atoms with E-state index < -0.39 is 41.9 Å². The van der Waals surface area contributed by atoms with Crippen LogP contribution < -0.4 is 22.1 Å². The number of carboxylic acids is 2. The highest BCUT2D eigenvalue weighted by atomic mass is 32.2. The first-order valence-electron chi connectivity index (χ1n) is 8.72. The smallest absolute Gasteiger partial charge is 0.326 e. The Morgan fingerprint density at radius 3 is 2.11 bits per heavy atom. The highest BCUT2D eigenvalue weighted by Gasteiger charge is 2.27. The van der Waals surface area contributed by atoms with Crippen molar-refractivity contribution in [2.75, 3.05) is 18.6 Å². The van der Waals surface area contributed by atoms with Crippen LogP contribution in [0.15, 0.2) is 0 Å². The average molecular weight is 407 g/mol. The molecule has 0 aromatic carbocycles. The summed E-state index contributed by atoms with van der Waals surface area (Å²) in [5.41, 5.74) is 11.1. The van der Waals surface area contributed by atoms with Crippen molar-refractivity contribution in [1.82, 2.24) is 10.6 Å². The van der Waals surface area contributed by atoms with Crippen LogP contribution in [0.5, 0.6) is 0 Å². The van der Waals surface area contributed by atoms with Gasteiger partial charge in [-0.15, -0.1) is 0 Å². The van der Waals surface area contributed by atoms with Crippen molar-refractivity contribution in [2.45, 2.75) is 56.7 Å². The lowest BCUT2D eigenvalue weighted by Gasteiger charge is -2.22. The first-order chi connectivity index (χ1) is 12.7. The Morgan fingerprint density at radius 1 is 0.963 bits per heavy atom. The van der Waals surface area contributed by atoms with E-state index in [0.29, 0.717) is 25.1 Å². The second-order valence-electron chi connectivity index (χ2n) is 6.07. The fourth-order valence-electron chi connectivity index (χ4n) is 2.22. The molecule has 0 fully saturated rings. The Morgan fingerprint density at radius 2 is 1.59 bits per heavy atom. The summed E-state index contributed by atoms with van der Waals surface area (Å²) in [7, 11) is 0. The van der Waals surface area contributed by atoms with Crippen molar-refractivity contribution >= 4 is 35.5 Å². The van der Waals surface area contributed by atoms with Crippen LogP contribution in [0.1, 0.15) is 38.5 Å². The van der Waals surface area contributed by atoms with E-state index in [9.17, 15) is 24.3 Å². The van der Waals surface area contributed by atoms with Gasteiger partial charge in [0.2, 0.25) is 11.8 Å². The van der Waals surface area contributed by atoms with Crippen molar-refractivity contribution in [2.24, 2.45) is 11.5 Å². The zero-order valence-electron chi connectivity index (χ0n) is 15.5. The highest BCUT2D eigenvalue weighted by molar-refractivity contribution is 7.98. The molecule has 0 heterocycles. The molecule has 11 heteroatoms. The molecule has 0 spiro atoms. The number of aliphatic carboxylic acids is 2. The summed E-state index contributed by atoms with van der Waals surface area (Å²) in [6, 6.07) is -3.09. The minimum Gasteiger partial charge on any atom is -0.481 e. The summed E-state index contributed by atoms with van der Waals surface area (Å²) in [4.78, 5) is 46.5. The fraction of sp³-hybridized carbons (Fsp3) is 0.750. The number of nitrogens with two attached hydrogens (primary N) is 2. The van der Waals surface area contributed by atoms with Crippen LogP contribution in [0.3, 0.4) is 0 Å². The van der Waals surface area contributed by atoms with Crippen LogP contribution in [0.4, 0.5) is 0 Å². The Labute approximate surface area is 162 Å². The third-order valence-corrected chi connectivity index (χ3v) is 4.46. The standard InChI is InChI=1S/C16H30N4O6S/c1-27-9-7-12(16(25)26)20-15(24)11(4-2-3-8-17)19-14(23)10(18)5-6-13(21)22/h10-12H,2-9,17-18H2,1H3,(H,19,23)(H,20,24)(H,21,22)(H,25,26). The molecule has 0 saturated heterocycles. The molecule has 3 unspecified atom stereocenters. The van der Waals surface area contributed by atoms with E-state index in [1.54, 1.807) is 0 Å². The minimum absolute atomic E-state index is 0.0657. The number of rotatable bonds is 15. The van der Waals surface area contributed by atoms with Gasteiger partial charge in [-0.05, 0) is 50.7 Å². The van der Waals surface area contributed by atoms with Crippen LogP contribution in [0, 0.1) is 0 Å². The number of amides is 2. The predicted octanol–water partition coefficient (Wildman–Crippen LogP) is -0.885. The van der Waals surface area contributed by atoms with Crippen molar-refractivity contribution in [3.05, 3.63) is 0 Å². The van der Waals surface area contributed by atoms with E-state index in [-0.39, 0.29) is 25.7 Å². The summed E-state index contributed by atoms with van der Waals surface area (Å²) in [5, 5.41) is 22.8. The summed E-state index contributed by atoms with van der Waals surface area (Å²) in [5.74, 6) is -2.93. The summed E-state index contributed by atoms with van der Waals surface area (Å²) in [6.07, 6.45) is 3.22. The molecule has 0 aromatic rings. The maximum absolute atomic E-state index is 12.5. The maximum atomic E-state index is 12.5. The van der Waals surface area contributed by atoms with Gasteiger partial charge in [-0.3, -0.25) is 14.4 Å². The molecule has 0 aliphatic heterocycles. The first kappa shape index (κ1) is 25.1.